The Kier molecular flexibility index (Phi) is 3.42. The number of allylic oxidation sites excluding steroid dienone is 4. The van der Waals surface area contributed by atoms with Crippen LogP contribution in [0.25, 0.3) is 11.4 Å². The van der Waals surface area contributed by atoms with Crippen molar-refractivity contribution >= 4 is 0 Å². The number of rotatable bonds is 2. The van der Waals surface area contributed by atoms with Crippen molar-refractivity contribution in [3.63, 3.8) is 0 Å². The summed E-state index contributed by atoms with van der Waals surface area (Å²) in [7, 11) is 0. The first-order valence-electron chi connectivity index (χ1n) is 6.87. The Morgan fingerprint density at radius 1 is 0.900 bits per heavy atom. The molecule has 0 aliphatic heterocycles. The average molecular weight is 263 g/mol. The topological polar surface area (TPSA) is 38.7 Å². The Morgan fingerprint density at radius 2 is 1.65 bits per heavy atom. The summed E-state index contributed by atoms with van der Waals surface area (Å²) in [6.45, 7) is 4.11. The Morgan fingerprint density at radius 3 is 2.40 bits per heavy atom. The standard InChI is InChI=1S/C17H17N3/c1-12-8-6-7-11-15(12)17-19-13(2)18-16(20-17)14-9-4-3-5-10-14/h3-12,15H,1-2H3. The fraction of sp³-hybridized carbons (Fsp3) is 0.235. The quantitative estimate of drug-likeness (QED) is 0.829. The first kappa shape index (κ1) is 12.7. The lowest BCUT2D eigenvalue weighted by Crippen LogP contribution is -2.13. The summed E-state index contributed by atoms with van der Waals surface area (Å²) in [4.78, 5) is 13.7. The molecule has 3 heteroatoms. The van der Waals surface area contributed by atoms with Gasteiger partial charge in [0.25, 0.3) is 0 Å². The Labute approximate surface area is 119 Å². The molecular formula is C17H17N3. The minimum absolute atomic E-state index is 0.226. The van der Waals surface area contributed by atoms with Crippen LogP contribution in [0.1, 0.15) is 24.5 Å². The second kappa shape index (κ2) is 5.37. The van der Waals surface area contributed by atoms with E-state index in [4.69, 9.17) is 0 Å². The van der Waals surface area contributed by atoms with E-state index in [-0.39, 0.29) is 5.92 Å². The van der Waals surface area contributed by atoms with Gasteiger partial charge in [0.2, 0.25) is 0 Å². The van der Waals surface area contributed by atoms with Crippen LogP contribution in [0.5, 0.6) is 0 Å². The van der Waals surface area contributed by atoms with E-state index in [1.807, 2.05) is 37.3 Å². The van der Waals surface area contributed by atoms with Crippen LogP contribution in [0.3, 0.4) is 0 Å². The van der Waals surface area contributed by atoms with Gasteiger partial charge < -0.3 is 0 Å². The average Bonchev–Trinajstić information content (AvgIpc) is 2.48. The number of benzene rings is 1. The van der Waals surface area contributed by atoms with E-state index in [1.165, 1.54) is 0 Å². The van der Waals surface area contributed by atoms with Crippen LogP contribution in [-0.2, 0) is 0 Å². The summed E-state index contributed by atoms with van der Waals surface area (Å²) >= 11 is 0. The molecule has 1 aromatic heterocycles. The van der Waals surface area contributed by atoms with Crippen molar-refractivity contribution in [2.24, 2.45) is 5.92 Å². The van der Waals surface area contributed by atoms with Crippen LogP contribution in [0.4, 0.5) is 0 Å². The molecule has 0 fully saturated rings. The zero-order chi connectivity index (χ0) is 13.9. The van der Waals surface area contributed by atoms with Crippen molar-refractivity contribution in [1.82, 2.24) is 15.0 Å². The highest BCUT2D eigenvalue weighted by molar-refractivity contribution is 5.54. The molecule has 1 heterocycles. The van der Waals surface area contributed by atoms with Gasteiger partial charge in [-0.3, -0.25) is 0 Å². The van der Waals surface area contributed by atoms with Crippen LogP contribution in [-0.4, -0.2) is 15.0 Å². The minimum atomic E-state index is 0.226. The Hall–Kier alpha value is -2.29. The molecule has 0 bridgehead atoms. The highest BCUT2D eigenvalue weighted by Gasteiger charge is 2.20. The van der Waals surface area contributed by atoms with Crippen molar-refractivity contribution in [2.45, 2.75) is 19.8 Å². The van der Waals surface area contributed by atoms with Crippen molar-refractivity contribution in [2.75, 3.05) is 0 Å². The minimum Gasteiger partial charge on any atom is -0.218 e. The third-order valence-corrected chi connectivity index (χ3v) is 3.51. The maximum Gasteiger partial charge on any atom is 0.163 e. The molecule has 1 aliphatic rings. The van der Waals surface area contributed by atoms with Crippen molar-refractivity contribution in [3.05, 3.63) is 66.3 Å². The Bertz CT molecular complexity index is 659. The lowest BCUT2D eigenvalue weighted by atomic mass is 9.89. The van der Waals surface area contributed by atoms with Gasteiger partial charge in [0, 0.05) is 11.5 Å². The van der Waals surface area contributed by atoms with E-state index in [0.29, 0.717) is 5.92 Å². The fourth-order valence-electron chi connectivity index (χ4n) is 2.41. The largest absolute Gasteiger partial charge is 0.218 e. The van der Waals surface area contributed by atoms with E-state index in [2.05, 4.69) is 46.2 Å². The number of aromatic nitrogens is 3. The highest BCUT2D eigenvalue weighted by atomic mass is 15.0. The monoisotopic (exact) mass is 263 g/mol. The van der Waals surface area contributed by atoms with Gasteiger partial charge in [0.1, 0.15) is 11.6 Å². The zero-order valence-electron chi connectivity index (χ0n) is 11.7. The molecule has 2 atom stereocenters. The van der Waals surface area contributed by atoms with Crippen LogP contribution >= 0.6 is 0 Å². The number of nitrogens with zero attached hydrogens (tertiary/aromatic N) is 3. The first-order valence-corrected chi connectivity index (χ1v) is 6.87. The molecule has 1 aliphatic carbocycles. The normalized spacial score (nSPS) is 21.1. The number of aryl methyl sites for hydroxylation is 1. The van der Waals surface area contributed by atoms with Gasteiger partial charge in [-0.25, -0.2) is 15.0 Å². The molecule has 0 spiro atoms. The van der Waals surface area contributed by atoms with Gasteiger partial charge in [0.05, 0.1) is 0 Å². The summed E-state index contributed by atoms with van der Waals surface area (Å²) in [6, 6.07) is 10.0. The summed E-state index contributed by atoms with van der Waals surface area (Å²) in [5.74, 6) is 3.01. The molecule has 0 saturated carbocycles. The van der Waals surface area contributed by atoms with E-state index >= 15 is 0 Å². The molecular weight excluding hydrogens is 246 g/mol. The van der Waals surface area contributed by atoms with Crippen molar-refractivity contribution < 1.29 is 0 Å². The third kappa shape index (κ3) is 2.52. The molecule has 0 saturated heterocycles. The molecule has 0 radical (unpaired) electrons. The molecule has 0 amide bonds. The molecule has 3 rings (SSSR count). The van der Waals surface area contributed by atoms with Crippen LogP contribution < -0.4 is 0 Å². The maximum absolute atomic E-state index is 4.67. The summed E-state index contributed by atoms with van der Waals surface area (Å²) in [5.41, 5.74) is 1.03. The third-order valence-electron chi connectivity index (χ3n) is 3.51. The van der Waals surface area contributed by atoms with E-state index in [1.54, 1.807) is 0 Å². The second-order valence-corrected chi connectivity index (χ2v) is 5.09. The lowest BCUT2D eigenvalue weighted by molar-refractivity contribution is 0.596. The molecule has 100 valence electrons. The molecule has 0 N–H and O–H groups in total. The predicted molar refractivity (Wildman–Crippen MR) is 80.2 cm³/mol. The number of hydrogen-bond donors (Lipinski definition) is 0. The molecule has 2 aromatic rings. The summed E-state index contributed by atoms with van der Waals surface area (Å²) < 4.78 is 0. The predicted octanol–water partition coefficient (Wildman–Crippen LogP) is 3.69. The zero-order valence-corrected chi connectivity index (χ0v) is 11.7. The van der Waals surface area contributed by atoms with E-state index in [9.17, 15) is 0 Å². The van der Waals surface area contributed by atoms with Gasteiger partial charge in [-0.2, -0.15) is 0 Å². The summed E-state index contributed by atoms with van der Waals surface area (Å²) in [5, 5.41) is 0. The SMILES string of the molecule is Cc1nc(-c2ccccc2)nc(C2C=CC=CC2C)n1. The van der Waals surface area contributed by atoms with Crippen LogP contribution in [0, 0.1) is 12.8 Å². The smallest absolute Gasteiger partial charge is 0.163 e. The molecule has 20 heavy (non-hydrogen) atoms. The van der Waals surface area contributed by atoms with Crippen molar-refractivity contribution in [1.29, 1.82) is 0 Å². The van der Waals surface area contributed by atoms with Gasteiger partial charge in [-0.15, -0.1) is 0 Å². The molecule has 2 unspecified atom stereocenters. The van der Waals surface area contributed by atoms with Crippen LogP contribution in [0.2, 0.25) is 0 Å². The van der Waals surface area contributed by atoms with Gasteiger partial charge in [-0.1, -0.05) is 61.6 Å². The van der Waals surface area contributed by atoms with Gasteiger partial charge >= 0.3 is 0 Å². The number of hydrogen-bond acceptors (Lipinski definition) is 3. The van der Waals surface area contributed by atoms with Crippen molar-refractivity contribution in [3.8, 4) is 11.4 Å². The van der Waals surface area contributed by atoms with E-state index < -0.39 is 0 Å². The maximum atomic E-state index is 4.67. The van der Waals surface area contributed by atoms with E-state index in [0.717, 1.165) is 23.0 Å². The fourth-order valence-corrected chi connectivity index (χ4v) is 2.41. The Balaban J connectivity index is 2.03. The molecule has 1 aromatic carbocycles. The van der Waals surface area contributed by atoms with Gasteiger partial charge in [-0.05, 0) is 12.8 Å². The summed E-state index contributed by atoms with van der Waals surface area (Å²) in [6.07, 6.45) is 8.49. The lowest BCUT2D eigenvalue weighted by Gasteiger charge is -2.19. The highest BCUT2D eigenvalue weighted by Crippen LogP contribution is 2.28. The van der Waals surface area contributed by atoms with Gasteiger partial charge in [0.15, 0.2) is 5.82 Å². The van der Waals surface area contributed by atoms with Crippen LogP contribution in [0.15, 0.2) is 54.6 Å². The second-order valence-electron chi connectivity index (χ2n) is 5.09. The molecule has 3 nitrogen and oxygen atoms in total. The first-order chi connectivity index (χ1) is 9.74.